The van der Waals surface area contributed by atoms with Gasteiger partial charge < -0.3 is 9.64 Å². The molecule has 0 atom stereocenters. The summed E-state index contributed by atoms with van der Waals surface area (Å²) >= 11 is 0. The zero-order valence-electron chi connectivity index (χ0n) is 31.5. The van der Waals surface area contributed by atoms with Gasteiger partial charge in [-0.1, -0.05) is 140 Å². The first-order valence-corrected chi connectivity index (χ1v) is 21.6. The lowest BCUT2D eigenvalue weighted by molar-refractivity contribution is 0.482. The summed E-state index contributed by atoms with van der Waals surface area (Å²) in [5.74, 6) is 1.48. The summed E-state index contributed by atoms with van der Waals surface area (Å²) in [6, 6.07) is 73.1. The summed E-state index contributed by atoms with van der Waals surface area (Å²) in [5, 5.41) is 7.50. The lowest BCUT2D eigenvalue weighted by Gasteiger charge is -2.45. The highest BCUT2D eigenvalue weighted by Gasteiger charge is 2.50. The van der Waals surface area contributed by atoms with Crippen molar-refractivity contribution in [3.05, 3.63) is 219 Å². The van der Waals surface area contributed by atoms with Crippen molar-refractivity contribution in [3.8, 4) is 28.4 Å². The van der Waals surface area contributed by atoms with Gasteiger partial charge in [0.25, 0.3) is 0 Å². The number of fused-ring (bicyclic) bond motifs is 6. The van der Waals surface area contributed by atoms with Crippen LogP contribution in [-0.2, 0) is 0 Å². The van der Waals surface area contributed by atoms with E-state index in [-0.39, 0.29) is 0 Å². The molecule has 4 heterocycles. The Balaban J connectivity index is 1.18. The van der Waals surface area contributed by atoms with Gasteiger partial charge in [-0.15, -0.1) is 0 Å². The van der Waals surface area contributed by atoms with Crippen LogP contribution in [0.2, 0.25) is 0 Å². The zero-order valence-corrected chi connectivity index (χ0v) is 32.5. The Morgan fingerprint density at radius 1 is 0.483 bits per heavy atom. The smallest absolute Gasteiger partial charge is 0.186 e. The SMILES string of the molecule is c1ccc(N2c3ccccc3[Si](c3ccccc3)(c3ccccc3)c3cnc4c(c32)c2ccccc2n4-c2cccc(Oc3cccc(-c4ccccn4)c3)c2)cc1. The normalized spacial score (nSPS) is 12.9. The van der Waals surface area contributed by atoms with Crippen LogP contribution in [-0.4, -0.2) is 22.6 Å². The predicted octanol–water partition coefficient (Wildman–Crippen LogP) is 10.2. The number of hydrogen-bond acceptors (Lipinski definition) is 4. The van der Waals surface area contributed by atoms with E-state index in [0.717, 1.165) is 56.1 Å². The van der Waals surface area contributed by atoms with Crippen LogP contribution in [0.15, 0.2) is 219 Å². The second kappa shape index (κ2) is 13.9. The summed E-state index contributed by atoms with van der Waals surface area (Å²) in [4.78, 5) is 12.6. The highest BCUT2D eigenvalue weighted by molar-refractivity contribution is 7.21. The fraction of sp³-hybridized carbons (Fsp3) is 0. The van der Waals surface area contributed by atoms with Crippen molar-refractivity contribution in [2.24, 2.45) is 0 Å². The van der Waals surface area contributed by atoms with Crippen LogP contribution in [0.5, 0.6) is 11.5 Å². The second-order valence-electron chi connectivity index (χ2n) is 14.6. The van der Waals surface area contributed by atoms with E-state index < -0.39 is 8.07 Å². The first-order chi connectivity index (χ1) is 28.8. The fourth-order valence-corrected chi connectivity index (χ4v) is 14.0. The molecule has 0 N–H and O–H groups in total. The Bertz CT molecular complexity index is 3060. The molecule has 7 aromatic carbocycles. The maximum atomic E-state index is 6.57. The summed E-state index contributed by atoms with van der Waals surface area (Å²) < 4.78 is 8.86. The van der Waals surface area contributed by atoms with Gasteiger partial charge in [0.1, 0.15) is 17.1 Å². The molecule has 1 aliphatic heterocycles. The zero-order chi connectivity index (χ0) is 38.5. The van der Waals surface area contributed by atoms with Gasteiger partial charge in [0, 0.05) is 40.8 Å². The first-order valence-electron chi connectivity index (χ1n) is 19.6. The third-order valence-corrected chi connectivity index (χ3v) is 16.2. The number of nitrogens with zero attached hydrogens (tertiary/aromatic N) is 4. The van der Waals surface area contributed by atoms with E-state index in [9.17, 15) is 0 Å². The van der Waals surface area contributed by atoms with E-state index in [1.54, 1.807) is 0 Å². The Morgan fingerprint density at radius 3 is 1.88 bits per heavy atom. The molecule has 274 valence electrons. The minimum Gasteiger partial charge on any atom is -0.457 e. The molecule has 10 aromatic rings. The van der Waals surface area contributed by atoms with Crippen LogP contribution in [0, 0.1) is 0 Å². The Kier molecular flexibility index (Phi) is 8.08. The van der Waals surface area contributed by atoms with E-state index in [2.05, 4.69) is 184 Å². The quantitative estimate of drug-likeness (QED) is 0.152. The Labute approximate surface area is 337 Å². The van der Waals surface area contributed by atoms with Crippen molar-refractivity contribution in [2.75, 3.05) is 4.90 Å². The van der Waals surface area contributed by atoms with Crippen molar-refractivity contribution in [2.45, 2.75) is 0 Å². The van der Waals surface area contributed by atoms with Gasteiger partial charge in [0.15, 0.2) is 8.07 Å². The largest absolute Gasteiger partial charge is 0.457 e. The van der Waals surface area contributed by atoms with E-state index in [4.69, 9.17) is 9.72 Å². The highest BCUT2D eigenvalue weighted by atomic mass is 28.3. The monoisotopic (exact) mass is 760 g/mol. The fourth-order valence-electron chi connectivity index (χ4n) is 9.01. The maximum absolute atomic E-state index is 6.57. The standard InChI is InChI=1S/C52H36N4OSi/c1-4-19-38(20-5-1)55-47-31-12-13-32-48(47)58(42-24-6-2-7-25-42,43-26-8-3-9-27-43)49-36-54-52-50(51(49)55)44-28-10-11-30-46(44)56(52)39-21-17-23-41(35-39)57-40-22-16-18-37(34-40)45-29-14-15-33-53-45/h1-36H. The number of hydrogen-bond donors (Lipinski definition) is 0. The number of para-hydroxylation sites is 3. The Morgan fingerprint density at radius 2 is 1.12 bits per heavy atom. The molecule has 11 rings (SSSR count). The molecule has 58 heavy (non-hydrogen) atoms. The van der Waals surface area contributed by atoms with Crippen molar-refractivity contribution >= 4 is 67.8 Å². The van der Waals surface area contributed by atoms with E-state index in [1.807, 2.05) is 48.7 Å². The van der Waals surface area contributed by atoms with Crippen LogP contribution in [0.1, 0.15) is 0 Å². The summed E-state index contributed by atoms with van der Waals surface area (Å²) in [7, 11) is -2.94. The molecule has 0 aliphatic carbocycles. The van der Waals surface area contributed by atoms with Crippen LogP contribution >= 0.6 is 0 Å². The molecule has 0 saturated carbocycles. The molecule has 5 nitrogen and oxygen atoms in total. The molecule has 3 aromatic heterocycles. The average Bonchev–Trinajstić information content (AvgIpc) is 3.64. The molecular weight excluding hydrogens is 725 g/mol. The van der Waals surface area contributed by atoms with Crippen molar-refractivity contribution in [1.82, 2.24) is 14.5 Å². The molecule has 0 saturated heterocycles. The number of pyridine rings is 2. The van der Waals surface area contributed by atoms with Crippen molar-refractivity contribution in [1.29, 1.82) is 0 Å². The lowest BCUT2D eigenvalue weighted by Crippen LogP contribution is -2.77. The van der Waals surface area contributed by atoms with Gasteiger partial charge in [-0.05, 0) is 81.4 Å². The maximum Gasteiger partial charge on any atom is 0.186 e. The minimum absolute atomic E-state index is 0.735. The van der Waals surface area contributed by atoms with Gasteiger partial charge in [0.2, 0.25) is 0 Å². The number of rotatable bonds is 7. The summed E-state index contributed by atoms with van der Waals surface area (Å²) in [6.07, 6.45) is 4.00. The van der Waals surface area contributed by atoms with Gasteiger partial charge in [-0.2, -0.15) is 0 Å². The van der Waals surface area contributed by atoms with E-state index in [0.29, 0.717) is 0 Å². The van der Waals surface area contributed by atoms with Crippen LogP contribution < -0.4 is 30.4 Å². The highest BCUT2D eigenvalue weighted by Crippen LogP contribution is 2.45. The molecule has 1 aliphatic rings. The van der Waals surface area contributed by atoms with E-state index in [1.165, 1.54) is 32.1 Å². The lowest BCUT2D eigenvalue weighted by atomic mass is 10.1. The van der Waals surface area contributed by atoms with E-state index >= 15 is 0 Å². The van der Waals surface area contributed by atoms with Crippen LogP contribution in [0.4, 0.5) is 17.1 Å². The summed E-state index contributed by atoms with van der Waals surface area (Å²) in [6.45, 7) is 0. The number of benzene rings is 7. The predicted molar refractivity (Wildman–Crippen MR) is 240 cm³/mol. The minimum atomic E-state index is -2.94. The third kappa shape index (κ3) is 5.30. The average molecular weight is 761 g/mol. The van der Waals surface area contributed by atoms with Crippen LogP contribution in [0.3, 0.4) is 0 Å². The van der Waals surface area contributed by atoms with Gasteiger partial charge >= 0.3 is 0 Å². The summed E-state index contributed by atoms with van der Waals surface area (Å²) in [5.41, 5.74) is 8.30. The number of anilines is 3. The molecular formula is C52H36N4OSi. The molecule has 0 radical (unpaired) electrons. The second-order valence-corrected chi connectivity index (χ2v) is 18.3. The molecule has 0 fully saturated rings. The Hall–Kier alpha value is -7.54. The molecule has 0 amide bonds. The molecule has 6 heteroatoms. The van der Waals surface area contributed by atoms with Gasteiger partial charge in [0.05, 0.1) is 28.0 Å². The molecule has 0 unspecified atom stereocenters. The van der Waals surface area contributed by atoms with Crippen LogP contribution in [0.25, 0.3) is 38.9 Å². The number of aromatic nitrogens is 3. The molecule has 0 bridgehead atoms. The van der Waals surface area contributed by atoms with Gasteiger partial charge in [-0.25, -0.2) is 4.98 Å². The topological polar surface area (TPSA) is 43.2 Å². The number of ether oxygens (including phenoxy) is 1. The molecule has 0 spiro atoms. The first kappa shape index (κ1) is 33.8. The van der Waals surface area contributed by atoms with Crippen molar-refractivity contribution in [3.63, 3.8) is 0 Å². The van der Waals surface area contributed by atoms with Crippen molar-refractivity contribution < 1.29 is 4.74 Å². The van der Waals surface area contributed by atoms with Gasteiger partial charge in [-0.3, -0.25) is 9.55 Å². The third-order valence-electron chi connectivity index (χ3n) is 11.4.